The first kappa shape index (κ1) is 29.0. The molecule has 0 amide bonds. The normalized spacial score (nSPS) is 27.0. The third-order valence-corrected chi connectivity index (χ3v) is 10.4. The third kappa shape index (κ3) is 5.27. The van der Waals surface area contributed by atoms with E-state index in [0.717, 1.165) is 11.6 Å². The van der Waals surface area contributed by atoms with Gasteiger partial charge in [0.25, 0.3) is 0 Å². The number of halogens is 5. The zero-order chi connectivity index (χ0) is 29.1. The number of aliphatic imine (C=N–C) groups is 1. The maximum absolute atomic E-state index is 14.0. The fourth-order valence-corrected chi connectivity index (χ4v) is 8.22. The van der Waals surface area contributed by atoms with Gasteiger partial charge in [-0.05, 0) is 75.4 Å². The van der Waals surface area contributed by atoms with Crippen LogP contribution in [0.5, 0.6) is 0 Å². The van der Waals surface area contributed by atoms with E-state index in [1.165, 1.54) is 22.5 Å². The van der Waals surface area contributed by atoms with Gasteiger partial charge in [-0.25, -0.2) is 12.8 Å². The molecule has 4 aliphatic rings. The lowest BCUT2D eigenvalue weighted by molar-refractivity contribution is -0.151. The zero-order valence-corrected chi connectivity index (χ0v) is 23.6. The van der Waals surface area contributed by atoms with Crippen molar-refractivity contribution in [2.24, 2.45) is 10.4 Å². The zero-order valence-electron chi connectivity index (χ0n) is 22.1. The van der Waals surface area contributed by atoms with Crippen molar-refractivity contribution in [3.05, 3.63) is 64.9 Å². The van der Waals surface area contributed by atoms with Crippen LogP contribution < -0.4 is 5.32 Å². The Morgan fingerprint density at radius 1 is 1.12 bits per heavy atom. The van der Waals surface area contributed by atoms with Gasteiger partial charge in [-0.2, -0.15) is 17.5 Å². The van der Waals surface area contributed by atoms with Crippen molar-refractivity contribution in [1.29, 1.82) is 0 Å². The first-order valence-electron chi connectivity index (χ1n) is 13.0. The van der Waals surface area contributed by atoms with Gasteiger partial charge in [0.05, 0.1) is 10.4 Å². The number of amidine groups is 1. The number of carbonyl (C=O) groups excluding carboxylic acids is 1. The van der Waals surface area contributed by atoms with E-state index in [2.05, 4.69) is 10.3 Å². The van der Waals surface area contributed by atoms with E-state index in [9.17, 15) is 30.8 Å². The second-order valence-corrected chi connectivity index (χ2v) is 14.1. The Kier molecular flexibility index (Phi) is 7.11. The van der Waals surface area contributed by atoms with Crippen molar-refractivity contribution in [1.82, 2.24) is 9.62 Å². The molecule has 1 N–H and O–H groups in total. The van der Waals surface area contributed by atoms with Crippen molar-refractivity contribution >= 4 is 33.2 Å². The van der Waals surface area contributed by atoms with Crippen molar-refractivity contribution in [2.45, 2.75) is 87.1 Å². The van der Waals surface area contributed by atoms with Crippen LogP contribution in [0.15, 0.2) is 58.4 Å². The Bertz CT molecular complexity index is 1440. The number of benzene rings is 2. The van der Waals surface area contributed by atoms with Crippen LogP contribution in [0.25, 0.3) is 0 Å². The molecule has 3 saturated carbocycles. The molecule has 0 radical (unpaired) electrons. The molecule has 216 valence electrons. The summed E-state index contributed by atoms with van der Waals surface area (Å²) in [7, 11) is -4.08. The number of hydrogen-bond donors (Lipinski definition) is 1. The molecule has 6 rings (SSSR count). The lowest BCUT2D eigenvalue weighted by Gasteiger charge is -2.73. The van der Waals surface area contributed by atoms with E-state index >= 15 is 0 Å². The Hall–Kier alpha value is -2.50. The maximum atomic E-state index is 14.0. The lowest BCUT2D eigenvalue weighted by atomic mass is 9.38. The standard InChI is InChI=1S/C28H30ClF4N3O3S/c1-25(2)23(22(37)7-4-12-28(31,32)33)34-24(35-25)26-15-27(16-26,17-26)36(14-18-8-10-19(29)11-9-18)40(38,39)21-6-3-5-20(30)13-21/h3,5-6,8-11,13,23H,4,7,12,14-17H2,1-2H3,(H,34,35)/t23-,26?,27?/m0/s1. The smallest absolute Gasteiger partial charge is 0.366 e. The number of carbonyl (C=O) groups is 1. The van der Waals surface area contributed by atoms with Gasteiger partial charge >= 0.3 is 6.18 Å². The topological polar surface area (TPSA) is 78.8 Å². The second-order valence-electron chi connectivity index (χ2n) is 11.8. The highest BCUT2D eigenvalue weighted by Crippen LogP contribution is 2.71. The van der Waals surface area contributed by atoms with Crippen LogP contribution in [-0.2, 0) is 21.4 Å². The van der Waals surface area contributed by atoms with Crippen LogP contribution in [0, 0.1) is 11.2 Å². The van der Waals surface area contributed by atoms with Crippen molar-refractivity contribution in [2.75, 3.05) is 0 Å². The number of nitrogens with one attached hydrogen (secondary N) is 1. The average Bonchev–Trinajstić information content (AvgIpc) is 3.12. The molecule has 12 heteroatoms. The number of hydrogen-bond acceptors (Lipinski definition) is 5. The molecule has 0 aromatic heterocycles. The minimum atomic E-state index is -4.32. The van der Waals surface area contributed by atoms with Gasteiger partial charge in [0.15, 0.2) is 5.78 Å². The highest BCUT2D eigenvalue weighted by molar-refractivity contribution is 7.89. The molecule has 1 atom stereocenters. The molecule has 3 aliphatic carbocycles. The number of rotatable bonds is 10. The minimum absolute atomic E-state index is 0.0673. The molecular formula is C28H30ClF4N3O3S. The predicted octanol–water partition coefficient (Wildman–Crippen LogP) is 6.04. The van der Waals surface area contributed by atoms with Crippen molar-refractivity contribution in [3.8, 4) is 0 Å². The lowest BCUT2D eigenvalue weighted by Crippen LogP contribution is -2.78. The molecule has 2 aromatic rings. The Morgan fingerprint density at radius 2 is 1.77 bits per heavy atom. The Balaban J connectivity index is 1.36. The summed E-state index contributed by atoms with van der Waals surface area (Å²) in [4.78, 5) is 17.3. The SMILES string of the molecule is CC1(C)NC(C23CC(N(Cc4ccc(Cl)cc4)S(=O)(=O)c4cccc(F)c4)(C2)C3)=N[C@H]1C(=O)CCCC(F)(F)F. The summed E-state index contributed by atoms with van der Waals surface area (Å²) in [6.07, 6.45) is -4.47. The molecule has 0 saturated heterocycles. The summed E-state index contributed by atoms with van der Waals surface area (Å²) in [5, 5.41) is 3.83. The summed E-state index contributed by atoms with van der Waals surface area (Å²) >= 11 is 6.02. The first-order valence-corrected chi connectivity index (χ1v) is 14.9. The van der Waals surface area contributed by atoms with E-state index < -0.39 is 51.0 Å². The van der Waals surface area contributed by atoms with Gasteiger partial charge in [0.2, 0.25) is 10.0 Å². The first-order chi connectivity index (χ1) is 18.6. The molecule has 2 bridgehead atoms. The van der Waals surface area contributed by atoms with Gasteiger partial charge < -0.3 is 5.32 Å². The molecular weight excluding hydrogens is 570 g/mol. The van der Waals surface area contributed by atoms with E-state index in [4.69, 9.17) is 11.6 Å². The molecule has 1 heterocycles. The van der Waals surface area contributed by atoms with Crippen LogP contribution in [-0.4, -0.2) is 47.6 Å². The highest BCUT2D eigenvalue weighted by atomic mass is 35.5. The summed E-state index contributed by atoms with van der Waals surface area (Å²) in [5.41, 5.74) is -1.21. The molecule has 0 spiro atoms. The number of alkyl halides is 3. The van der Waals surface area contributed by atoms with Crippen LogP contribution in [0.2, 0.25) is 5.02 Å². The highest BCUT2D eigenvalue weighted by Gasteiger charge is 2.75. The fraction of sp³-hybridized carbons (Fsp3) is 0.500. The van der Waals surface area contributed by atoms with Crippen molar-refractivity contribution in [3.63, 3.8) is 0 Å². The van der Waals surface area contributed by atoms with E-state index in [1.807, 2.05) is 0 Å². The number of Topliss-reactive ketones (excluding diaryl/α,β-unsaturated/α-hetero) is 1. The fourth-order valence-electron chi connectivity index (χ4n) is 6.31. The number of sulfonamides is 1. The summed E-state index contributed by atoms with van der Waals surface area (Å²) < 4.78 is 80.8. The molecule has 3 fully saturated rings. The molecule has 1 aliphatic heterocycles. The van der Waals surface area contributed by atoms with Gasteiger partial charge in [-0.1, -0.05) is 29.8 Å². The average molecular weight is 600 g/mol. The van der Waals surface area contributed by atoms with Crippen molar-refractivity contribution < 1.29 is 30.8 Å². The van der Waals surface area contributed by atoms with Crippen LogP contribution in [0.4, 0.5) is 17.6 Å². The summed E-state index contributed by atoms with van der Waals surface area (Å²) in [5.74, 6) is -0.404. The van der Waals surface area contributed by atoms with Crippen LogP contribution in [0.3, 0.4) is 0 Å². The maximum Gasteiger partial charge on any atom is 0.389 e. The quantitative estimate of drug-likeness (QED) is 0.338. The molecule has 6 nitrogen and oxygen atoms in total. The second kappa shape index (κ2) is 9.80. The molecule has 40 heavy (non-hydrogen) atoms. The van der Waals surface area contributed by atoms with Gasteiger partial charge in [0, 0.05) is 35.4 Å². The van der Waals surface area contributed by atoms with E-state index in [1.54, 1.807) is 38.1 Å². The third-order valence-electron chi connectivity index (χ3n) is 8.23. The number of ketones is 1. The minimum Gasteiger partial charge on any atom is -0.366 e. The Labute approximate surface area is 235 Å². The number of nitrogens with zero attached hydrogens (tertiary/aromatic N) is 2. The Morgan fingerprint density at radius 3 is 2.38 bits per heavy atom. The van der Waals surface area contributed by atoms with Crippen LogP contribution in [0.1, 0.15) is 57.9 Å². The van der Waals surface area contributed by atoms with E-state index in [-0.39, 0.29) is 30.1 Å². The largest absolute Gasteiger partial charge is 0.389 e. The van der Waals surface area contributed by atoms with Gasteiger partial charge in [0.1, 0.15) is 17.7 Å². The van der Waals surface area contributed by atoms with Gasteiger partial charge in [-0.15, -0.1) is 0 Å². The van der Waals surface area contributed by atoms with Gasteiger partial charge in [-0.3, -0.25) is 9.79 Å². The predicted molar refractivity (Wildman–Crippen MR) is 143 cm³/mol. The molecule has 0 unspecified atom stereocenters. The summed E-state index contributed by atoms with van der Waals surface area (Å²) in [6.45, 7) is 3.65. The molecule has 2 aromatic carbocycles. The van der Waals surface area contributed by atoms with E-state index in [0.29, 0.717) is 30.1 Å². The summed E-state index contributed by atoms with van der Waals surface area (Å²) in [6, 6.07) is 11.0. The monoisotopic (exact) mass is 599 g/mol. The van der Waals surface area contributed by atoms with Crippen LogP contribution >= 0.6 is 11.6 Å².